The Morgan fingerprint density at radius 3 is 2.34 bits per heavy atom. The van der Waals surface area contributed by atoms with Crippen LogP contribution < -0.4 is 0 Å². The number of nitrogens with zero attached hydrogens (tertiary/aromatic N) is 5. The van der Waals surface area contributed by atoms with E-state index in [9.17, 15) is 9.90 Å². The van der Waals surface area contributed by atoms with Crippen molar-refractivity contribution in [3.63, 3.8) is 0 Å². The van der Waals surface area contributed by atoms with Crippen LogP contribution in [0.2, 0.25) is 0 Å². The van der Waals surface area contributed by atoms with Crippen molar-refractivity contribution in [3.05, 3.63) is 83.9 Å². The molecular formula is C28H27N5O2. The van der Waals surface area contributed by atoms with E-state index >= 15 is 0 Å². The highest BCUT2D eigenvalue weighted by molar-refractivity contribution is 6.09. The lowest BCUT2D eigenvalue weighted by atomic mass is 10.0. The second-order valence-electron chi connectivity index (χ2n) is 8.90. The van der Waals surface area contributed by atoms with E-state index in [1.165, 1.54) is 0 Å². The smallest absolute Gasteiger partial charge is 0.254 e. The highest BCUT2D eigenvalue weighted by atomic mass is 16.3. The normalized spacial score (nSPS) is 14.8. The summed E-state index contributed by atoms with van der Waals surface area (Å²) in [5.41, 5.74) is 5.05. The van der Waals surface area contributed by atoms with Gasteiger partial charge in [-0.3, -0.25) is 4.79 Å². The van der Waals surface area contributed by atoms with Gasteiger partial charge in [-0.2, -0.15) is 5.10 Å². The predicted molar refractivity (Wildman–Crippen MR) is 138 cm³/mol. The van der Waals surface area contributed by atoms with E-state index in [0.29, 0.717) is 41.3 Å². The molecule has 1 saturated heterocycles. The SMILES string of the molecule is [CH]c1ccc(/C=C/c2nn(C)c3nc(-c4ccc(O)cc4)cc(C(=O)N4CCN(C)CC4)c23)cc1. The number of hydrogen-bond donors (Lipinski definition) is 1. The van der Waals surface area contributed by atoms with Crippen LogP contribution in [0.4, 0.5) is 0 Å². The number of piperazine rings is 1. The van der Waals surface area contributed by atoms with Crippen LogP contribution in [0.25, 0.3) is 34.4 Å². The minimum absolute atomic E-state index is 0.0272. The number of phenolic OH excluding ortho intramolecular Hbond substituents is 1. The molecule has 2 radical (unpaired) electrons. The van der Waals surface area contributed by atoms with Gasteiger partial charge in [0.25, 0.3) is 5.91 Å². The third-order valence-electron chi connectivity index (χ3n) is 6.37. The summed E-state index contributed by atoms with van der Waals surface area (Å²) < 4.78 is 1.71. The predicted octanol–water partition coefficient (Wildman–Crippen LogP) is 3.96. The molecular weight excluding hydrogens is 438 g/mol. The summed E-state index contributed by atoms with van der Waals surface area (Å²) >= 11 is 0. The van der Waals surface area contributed by atoms with Gasteiger partial charge in [-0.15, -0.1) is 0 Å². The number of benzene rings is 2. The highest BCUT2D eigenvalue weighted by Crippen LogP contribution is 2.30. The van der Waals surface area contributed by atoms with E-state index in [1.807, 2.05) is 54.4 Å². The number of aromatic hydroxyl groups is 1. The molecule has 1 aliphatic heterocycles. The Morgan fingerprint density at radius 2 is 1.66 bits per heavy atom. The second-order valence-corrected chi connectivity index (χ2v) is 8.90. The fourth-order valence-electron chi connectivity index (χ4n) is 4.30. The molecule has 1 fully saturated rings. The van der Waals surface area contributed by atoms with Crippen molar-refractivity contribution in [2.24, 2.45) is 7.05 Å². The number of carbonyl (C=O) groups excluding carboxylic acids is 1. The minimum atomic E-state index is -0.0272. The zero-order valence-electron chi connectivity index (χ0n) is 19.8. The van der Waals surface area contributed by atoms with E-state index in [-0.39, 0.29) is 11.7 Å². The molecule has 1 N–H and O–H groups in total. The maximum atomic E-state index is 13.8. The molecule has 4 aromatic rings. The van der Waals surface area contributed by atoms with Crippen LogP contribution >= 0.6 is 0 Å². The number of carbonyl (C=O) groups is 1. The first-order valence-corrected chi connectivity index (χ1v) is 11.6. The summed E-state index contributed by atoms with van der Waals surface area (Å²) in [5.74, 6) is 0.153. The third kappa shape index (κ3) is 4.68. The molecule has 0 aliphatic carbocycles. The van der Waals surface area contributed by atoms with Gasteiger partial charge in [0.15, 0.2) is 5.65 Å². The molecule has 1 aliphatic rings. The molecule has 3 heterocycles. The molecule has 0 spiro atoms. The number of hydrogen-bond acceptors (Lipinski definition) is 5. The number of aromatic nitrogens is 3. The number of likely N-dealkylation sites (N-methyl/N-ethyl adjacent to an activating group) is 1. The number of aryl methyl sites for hydroxylation is 1. The van der Waals surface area contributed by atoms with Crippen LogP contribution in [0.1, 0.15) is 27.2 Å². The lowest BCUT2D eigenvalue weighted by molar-refractivity contribution is 0.0666. The molecule has 35 heavy (non-hydrogen) atoms. The van der Waals surface area contributed by atoms with E-state index in [4.69, 9.17) is 17.0 Å². The van der Waals surface area contributed by atoms with Crippen LogP contribution in [0.3, 0.4) is 0 Å². The minimum Gasteiger partial charge on any atom is -0.508 e. The molecule has 2 aromatic heterocycles. The molecule has 7 nitrogen and oxygen atoms in total. The van der Waals surface area contributed by atoms with E-state index in [0.717, 1.165) is 29.6 Å². The first-order chi connectivity index (χ1) is 16.9. The fraction of sp³-hybridized carbons (Fsp3) is 0.214. The molecule has 5 rings (SSSR count). The van der Waals surface area contributed by atoms with Crippen molar-refractivity contribution in [3.8, 4) is 17.0 Å². The molecule has 0 unspecified atom stereocenters. The Hall–Kier alpha value is -3.97. The Morgan fingerprint density at radius 1 is 0.971 bits per heavy atom. The van der Waals surface area contributed by atoms with Crippen molar-refractivity contribution in [1.29, 1.82) is 0 Å². The van der Waals surface area contributed by atoms with Crippen molar-refractivity contribution in [2.75, 3.05) is 33.2 Å². The van der Waals surface area contributed by atoms with E-state index in [1.54, 1.807) is 28.9 Å². The number of phenols is 1. The Balaban J connectivity index is 1.64. The third-order valence-corrected chi connectivity index (χ3v) is 6.37. The van der Waals surface area contributed by atoms with Gasteiger partial charge in [0.05, 0.1) is 22.3 Å². The Labute approximate surface area is 204 Å². The molecule has 7 heteroatoms. The van der Waals surface area contributed by atoms with Crippen LogP contribution in [0, 0.1) is 6.92 Å². The second kappa shape index (κ2) is 9.35. The topological polar surface area (TPSA) is 74.5 Å². The largest absolute Gasteiger partial charge is 0.508 e. The summed E-state index contributed by atoms with van der Waals surface area (Å²) in [6.45, 7) is 8.82. The molecule has 2 aromatic carbocycles. The Kier molecular flexibility index (Phi) is 6.09. The summed E-state index contributed by atoms with van der Waals surface area (Å²) in [7, 11) is 3.90. The number of amides is 1. The van der Waals surface area contributed by atoms with Gasteiger partial charge in [-0.25, -0.2) is 9.67 Å². The van der Waals surface area contributed by atoms with Crippen LogP contribution in [-0.4, -0.2) is 68.8 Å². The van der Waals surface area contributed by atoms with Crippen LogP contribution in [0.15, 0.2) is 54.6 Å². The summed E-state index contributed by atoms with van der Waals surface area (Å²) in [6.07, 6.45) is 3.87. The zero-order chi connectivity index (χ0) is 24.5. The van der Waals surface area contributed by atoms with E-state index < -0.39 is 0 Å². The maximum absolute atomic E-state index is 13.8. The maximum Gasteiger partial charge on any atom is 0.254 e. The van der Waals surface area contributed by atoms with Crippen molar-refractivity contribution in [2.45, 2.75) is 0 Å². The van der Waals surface area contributed by atoms with Gasteiger partial charge in [0.2, 0.25) is 0 Å². The number of rotatable bonds is 4. The number of fused-ring (bicyclic) bond motifs is 1. The van der Waals surface area contributed by atoms with Gasteiger partial charge in [-0.05, 0) is 61.5 Å². The fourth-order valence-corrected chi connectivity index (χ4v) is 4.30. The molecule has 0 saturated carbocycles. The first kappa shape index (κ1) is 22.8. The van der Waals surface area contributed by atoms with E-state index in [2.05, 4.69) is 11.9 Å². The molecule has 1 amide bonds. The monoisotopic (exact) mass is 465 g/mol. The lowest BCUT2D eigenvalue weighted by Gasteiger charge is -2.32. The standard InChI is InChI=1S/C28H27N5O2/c1-19-4-6-20(7-5-19)8-13-24-26-23(28(35)33-16-14-31(2)15-17-33)18-25(29-27(26)32(3)30-24)21-9-11-22(34)12-10-21/h1,4-13,18,34H,14-17H2,2-3H3/b13-8+. The average Bonchev–Trinajstić information content (AvgIpc) is 3.19. The lowest BCUT2D eigenvalue weighted by Crippen LogP contribution is -2.47. The summed E-state index contributed by atoms with van der Waals surface area (Å²) in [5, 5.41) is 15.1. The quantitative estimate of drug-likeness (QED) is 0.494. The van der Waals surface area contributed by atoms with Crippen molar-refractivity contribution >= 4 is 29.1 Å². The van der Waals surface area contributed by atoms with Crippen molar-refractivity contribution in [1.82, 2.24) is 24.6 Å². The zero-order valence-corrected chi connectivity index (χ0v) is 19.8. The van der Waals surface area contributed by atoms with Crippen molar-refractivity contribution < 1.29 is 9.90 Å². The molecule has 0 bridgehead atoms. The highest BCUT2D eigenvalue weighted by Gasteiger charge is 2.26. The number of pyridine rings is 1. The first-order valence-electron chi connectivity index (χ1n) is 11.6. The van der Waals surface area contributed by atoms with Crippen LogP contribution in [-0.2, 0) is 7.05 Å². The average molecular weight is 466 g/mol. The van der Waals surface area contributed by atoms with Gasteiger partial charge >= 0.3 is 0 Å². The van der Waals surface area contributed by atoms with Gasteiger partial charge < -0.3 is 14.9 Å². The van der Waals surface area contributed by atoms with Gasteiger partial charge in [0.1, 0.15) is 5.75 Å². The molecule has 176 valence electrons. The molecule has 0 atom stereocenters. The Bertz CT molecular complexity index is 1400. The summed E-state index contributed by atoms with van der Waals surface area (Å²) in [6, 6.07) is 16.3. The van der Waals surface area contributed by atoms with Gasteiger partial charge in [-0.1, -0.05) is 30.3 Å². The van der Waals surface area contributed by atoms with Crippen LogP contribution in [0.5, 0.6) is 5.75 Å². The van der Waals surface area contributed by atoms with Gasteiger partial charge in [0, 0.05) is 38.8 Å². The summed E-state index contributed by atoms with van der Waals surface area (Å²) in [4.78, 5) is 22.8.